The predicted octanol–water partition coefficient (Wildman–Crippen LogP) is 2.06. The van der Waals surface area contributed by atoms with Crippen molar-refractivity contribution in [1.82, 2.24) is 4.98 Å². The summed E-state index contributed by atoms with van der Waals surface area (Å²) in [5, 5.41) is 9.15. The first-order chi connectivity index (χ1) is 8.78. The Bertz CT molecular complexity index is 437. The van der Waals surface area contributed by atoms with Crippen LogP contribution in [0.15, 0.2) is 24.5 Å². The number of rotatable bonds is 5. The van der Waals surface area contributed by atoms with Crippen LogP contribution in [0.5, 0.6) is 0 Å². The molecule has 0 saturated carbocycles. The Morgan fingerprint density at radius 1 is 1.42 bits per heavy atom. The molecule has 104 valence electrons. The fraction of sp³-hybridized carbons (Fsp3) is 0.500. The largest absolute Gasteiger partial charge is 0.481 e. The monoisotopic (exact) mass is 265 g/mol. The van der Waals surface area contributed by atoms with Crippen molar-refractivity contribution in [2.24, 2.45) is 5.92 Å². The van der Waals surface area contributed by atoms with Crippen LogP contribution in [0, 0.1) is 5.92 Å². The van der Waals surface area contributed by atoms with Crippen LogP contribution in [-0.4, -0.2) is 27.6 Å². The number of carboxylic acid groups (broad SMARTS) is 1. The summed E-state index contributed by atoms with van der Waals surface area (Å²) in [5.74, 6) is -2.29. The van der Waals surface area contributed by atoms with Crippen molar-refractivity contribution < 1.29 is 19.4 Å². The Labute approximate surface area is 112 Å². The van der Waals surface area contributed by atoms with Gasteiger partial charge in [-0.1, -0.05) is 6.07 Å². The fourth-order valence-electron chi connectivity index (χ4n) is 1.63. The second-order valence-corrected chi connectivity index (χ2v) is 5.39. The van der Waals surface area contributed by atoms with Crippen molar-refractivity contribution in [2.75, 3.05) is 0 Å². The second-order valence-electron chi connectivity index (χ2n) is 5.39. The summed E-state index contributed by atoms with van der Waals surface area (Å²) < 4.78 is 5.14. The zero-order chi connectivity index (χ0) is 14.5. The number of ether oxygens (including phenoxy) is 1. The van der Waals surface area contributed by atoms with Crippen LogP contribution in [0.1, 0.15) is 32.8 Å². The van der Waals surface area contributed by atoms with Crippen molar-refractivity contribution in [3.63, 3.8) is 0 Å². The fourth-order valence-corrected chi connectivity index (χ4v) is 1.63. The first kappa shape index (κ1) is 15.1. The van der Waals surface area contributed by atoms with Gasteiger partial charge in [0.1, 0.15) is 5.60 Å². The zero-order valence-electron chi connectivity index (χ0n) is 11.4. The van der Waals surface area contributed by atoms with Crippen LogP contribution in [0.4, 0.5) is 0 Å². The van der Waals surface area contributed by atoms with E-state index in [2.05, 4.69) is 4.98 Å². The van der Waals surface area contributed by atoms with E-state index < -0.39 is 23.5 Å². The number of nitrogens with zero attached hydrogens (tertiary/aromatic N) is 1. The van der Waals surface area contributed by atoms with Gasteiger partial charge in [0.25, 0.3) is 0 Å². The molecule has 0 aliphatic heterocycles. The molecular formula is C14H19NO4. The van der Waals surface area contributed by atoms with Gasteiger partial charge in [0, 0.05) is 12.4 Å². The van der Waals surface area contributed by atoms with Crippen LogP contribution < -0.4 is 0 Å². The second kappa shape index (κ2) is 6.31. The number of esters is 1. The van der Waals surface area contributed by atoms with E-state index in [1.165, 1.54) is 0 Å². The topological polar surface area (TPSA) is 76.5 Å². The molecule has 0 bridgehead atoms. The maximum absolute atomic E-state index is 11.7. The van der Waals surface area contributed by atoms with Crippen LogP contribution in [0.3, 0.4) is 0 Å². The van der Waals surface area contributed by atoms with Crippen molar-refractivity contribution >= 4 is 11.9 Å². The van der Waals surface area contributed by atoms with Gasteiger partial charge in [0.15, 0.2) is 0 Å². The molecule has 0 aliphatic rings. The molecular weight excluding hydrogens is 246 g/mol. The third-order valence-electron chi connectivity index (χ3n) is 2.39. The molecule has 1 rings (SSSR count). The van der Waals surface area contributed by atoms with Gasteiger partial charge in [-0.15, -0.1) is 0 Å². The van der Waals surface area contributed by atoms with E-state index in [4.69, 9.17) is 9.84 Å². The maximum atomic E-state index is 11.7. The normalized spacial score (nSPS) is 12.8. The van der Waals surface area contributed by atoms with Gasteiger partial charge in [-0.3, -0.25) is 14.6 Å². The Morgan fingerprint density at radius 2 is 2.11 bits per heavy atom. The number of carbonyl (C=O) groups excluding carboxylic acids is 1. The predicted molar refractivity (Wildman–Crippen MR) is 69.5 cm³/mol. The van der Waals surface area contributed by atoms with E-state index in [0.717, 1.165) is 5.56 Å². The molecule has 0 aliphatic carbocycles. The highest BCUT2D eigenvalue weighted by Crippen LogP contribution is 2.16. The molecule has 0 fully saturated rings. The minimum Gasteiger partial charge on any atom is -0.481 e. The highest BCUT2D eigenvalue weighted by molar-refractivity contribution is 5.79. The molecule has 1 heterocycles. The third kappa shape index (κ3) is 5.99. The van der Waals surface area contributed by atoms with Crippen LogP contribution in [0.25, 0.3) is 0 Å². The van der Waals surface area contributed by atoms with E-state index in [0.29, 0.717) is 0 Å². The molecule has 0 unspecified atom stereocenters. The lowest BCUT2D eigenvalue weighted by Gasteiger charge is -2.21. The number of aromatic nitrogens is 1. The molecule has 5 heteroatoms. The number of carbonyl (C=O) groups is 2. The molecule has 0 saturated heterocycles. The van der Waals surface area contributed by atoms with Crippen molar-refractivity contribution in [3.05, 3.63) is 30.1 Å². The van der Waals surface area contributed by atoms with E-state index in [-0.39, 0.29) is 12.8 Å². The van der Waals surface area contributed by atoms with E-state index in [1.54, 1.807) is 45.3 Å². The number of hydrogen-bond acceptors (Lipinski definition) is 4. The van der Waals surface area contributed by atoms with Gasteiger partial charge in [0.05, 0.1) is 12.3 Å². The number of hydrogen-bond donors (Lipinski definition) is 1. The highest BCUT2D eigenvalue weighted by atomic mass is 16.6. The van der Waals surface area contributed by atoms with Gasteiger partial charge < -0.3 is 9.84 Å². The Hall–Kier alpha value is -1.91. The van der Waals surface area contributed by atoms with Crippen LogP contribution in [0.2, 0.25) is 0 Å². The Balaban J connectivity index is 2.64. The number of pyridine rings is 1. The first-order valence-corrected chi connectivity index (χ1v) is 6.11. The standard InChI is InChI=1S/C14H19NO4/c1-14(2,3)19-12(16)8-11(13(17)18)7-10-5-4-6-15-9-10/h4-6,9,11H,7-8H2,1-3H3,(H,17,18)/t11-/m1/s1. The van der Waals surface area contributed by atoms with E-state index in [9.17, 15) is 9.59 Å². The quantitative estimate of drug-likeness (QED) is 0.824. The van der Waals surface area contributed by atoms with Crippen molar-refractivity contribution in [2.45, 2.75) is 39.2 Å². The van der Waals surface area contributed by atoms with Gasteiger partial charge in [0.2, 0.25) is 0 Å². The zero-order valence-corrected chi connectivity index (χ0v) is 11.4. The van der Waals surface area contributed by atoms with E-state index >= 15 is 0 Å². The van der Waals surface area contributed by atoms with Crippen molar-refractivity contribution in [3.8, 4) is 0 Å². The average Bonchev–Trinajstić information content (AvgIpc) is 2.26. The third-order valence-corrected chi connectivity index (χ3v) is 2.39. The summed E-state index contributed by atoms with van der Waals surface area (Å²) in [6.07, 6.45) is 3.35. The van der Waals surface area contributed by atoms with Crippen molar-refractivity contribution in [1.29, 1.82) is 0 Å². The first-order valence-electron chi connectivity index (χ1n) is 6.11. The van der Waals surface area contributed by atoms with E-state index in [1.807, 2.05) is 0 Å². The molecule has 1 aromatic heterocycles. The van der Waals surface area contributed by atoms with Crippen LogP contribution in [-0.2, 0) is 20.7 Å². The lowest BCUT2D eigenvalue weighted by Crippen LogP contribution is -2.28. The molecule has 19 heavy (non-hydrogen) atoms. The molecule has 0 amide bonds. The SMILES string of the molecule is CC(C)(C)OC(=O)C[C@@H](Cc1cccnc1)C(=O)O. The number of carboxylic acids is 1. The molecule has 1 atom stereocenters. The molecule has 5 nitrogen and oxygen atoms in total. The summed E-state index contributed by atoms with van der Waals surface area (Å²) >= 11 is 0. The smallest absolute Gasteiger partial charge is 0.307 e. The summed E-state index contributed by atoms with van der Waals surface area (Å²) in [6, 6.07) is 3.53. The average molecular weight is 265 g/mol. The summed E-state index contributed by atoms with van der Waals surface area (Å²) in [7, 11) is 0. The summed E-state index contributed by atoms with van der Waals surface area (Å²) in [4.78, 5) is 26.8. The maximum Gasteiger partial charge on any atom is 0.307 e. The molecule has 0 radical (unpaired) electrons. The molecule has 1 aromatic rings. The highest BCUT2D eigenvalue weighted by Gasteiger charge is 2.25. The van der Waals surface area contributed by atoms with Gasteiger partial charge in [-0.2, -0.15) is 0 Å². The molecule has 0 spiro atoms. The summed E-state index contributed by atoms with van der Waals surface area (Å²) in [6.45, 7) is 5.26. The number of aliphatic carboxylic acids is 1. The van der Waals surface area contributed by atoms with Crippen LogP contribution >= 0.6 is 0 Å². The van der Waals surface area contributed by atoms with Gasteiger partial charge in [-0.25, -0.2) is 0 Å². The summed E-state index contributed by atoms with van der Waals surface area (Å²) in [5.41, 5.74) is 0.188. The molecule has 1 N–H and O–H groups in total. The van der Waals surface area contributed by atoms with Gasteiger partial charge in [-0.05, 0) is 38.8 Å². The Morgan fingerprint density at radius 3 is 2.58 bits per heavy atom. The Kier molecular flexibility index (Phi) is 5.03. The molecule has 0 aromatic carbocycles. The van der Waals surface area contributed by atoms with Gasteiger partial charge >= 0.3 is 11.9 Å². The minimum absolute atomic E-state index is 0.137. The minimum atomic E-state index is -1.00. The lowest BCUT2D eigenvalue weighted by atomic mass is 9.97. The lowest BCUT2D eigenvalue weighted by molar-refractivity contribution is -0.159.